The number of hydrogen-bond acceptors (Lipinski definition) is 5. The number of aromatic amines is 1. The lowest BCUT2D eigenvalue weighted by atomic mass is 10.1. The summed E-state index contributed by atoms with van der Waals surface area (Å²) in [6.45, 7) is 0. The molecule has 0 amide bonds. The summed E-state index contributed by atoms with van der Waals surface area (Å²) in [6.07, 6.45) is 0. The molecule has 4 N–H and O–H groups in total. The topological polar surface area (TPSA) is 114 Å². The first-order chi connectivity index (χ1) is 13.9. The van der Waals surface area contributed by atoms with Gasteiger partial charge in [-0.1, -0.05) is 52.4 Å². The molecule has 2 aromatic heterocycles. The molecular formula is C19H15ClIN5O2S. The molecule has 4 rings (SSSR count). The molecule has 0 fully saturated rings. The first-order valence-electron chi connectivity index (χ1n) is 8.46. The normalized spacial score (nSPS) is 11.7. The predicted molar refractivity (Wildman–Crippen MR) is 124 cm³/mol. The van der Waals surface area contributed by atoms with Crippen LogP contribution in [-0.2, 0) is 14.5 Å². The van der Waals surface area contributed by atoms with Gasteiger partial charge < -0.3 is 5.73 Å². The van der Waals surface area contributed by atoms with Gasteiger partial charge in [-0.15, -0.1) is 0 Å². The van der Waals surface area contributed by atoms with Gasteiger partial charge in [0.2, 0.25) is 0 Å². The summed E-state index contributed by atoms with van der Waals surface area (Å²) in [6, 6.07) is 15.5. The Hall–Kier alpha value is -2.37. The van der Waals surface area contributed by atoms with Crippen LogP contribution in [0.4, 0.5) is 11.5 Å². The number of nitrogens with zero attached hydrogens (tertiary/aromatic N) is 2. The van der Waals surface area contributed by atoms with E-state index in [1.54, 1.807) is 42.5 Å². The van der Waals surface area contributed by atoms with Crippen LogP contribution in [-0.4, -0.2) is 23.6 Å². The molecule has 0 atom stereocenters. The molecule has 0 radical (unpaired) electrons. The second kappa shape index (κ2) is 7.81. The van der Waals surface area contributed by atoms with Gasteiger partial charge in [0, 0.05) is 26.3 Å². The molecule has 0 spiro atoms. The number of fused-ring (bicyclic) bond motifs is 1. The molecule has 29 heavy (non-hydrogen) atoms. The lowest BCUT2D eigenvalue weighted by Crippen LogP contribution is -2.14. The molecule has 2 aromatic carbocycles. The van der Waals surface area contributed by atoms with E-state index in [9.17, 15) is 8.42 Å². The van der Waals surface area contributed by atoms with E-state index in [1.807, 2.05) is 12.1 Å². The van der Waals surface area contributed by atoms with E-state index in [-0.39, 0.29) is 4.90 Å². The molecule has 7 nitrogen and oxygen atoms in total. The number of alkyl halides is 1. The number of aromatic nitrogens is 3. The lowest BCUT2D eigenvalue weighted by molar-refractivity contribution is 0.600. The molecule has 0 aliphatic heterocycles. The van der Waals surface area contributed by atoms with Crippen LogP contribution in [0.15, 0.2) is 59.5 Å². The van der Waals surface area contributed by atoms with Crippen molar-refractivity contribution in [2.75, 3.05) is 10.5 Å². The van der Waals surface area contributed by atoms with Crippen molar-refractivity contribution in [1.29, 1.82) is 0 Å². The molecule has 4 aromatic rings. The smallest absolute Gasteiger partial charge is 0.262 e. The van der Waals surface area contributed by atoms with Crippen LogP contribution in [0, 0.1) is 0 Å². The number of anilines is 2. The third kappa shape index (κ3) is 3.89. The van der Waals surface area contributed by atoms with Crippen molar-refractivity contribution in [2.45, 2.75) is 9.32 Å². The van der Waals surface area contributed by atoms with Gasteiger partial charge in [-0.3, -0.25) is 9.82 Å². The molecule has 0 saturated heterocycles. The fraction of sp³-hybridized carbons (Fsp3) is 0.0526. The van der Waals surface area contributed by atoms with E-state index in [4.69, 9.17) is 17.3 Å². The first kappa shape index (κ1) is 19.9. The number of sulfonamides is 1. The quantitative estimate of drug-likeness (QED) is 0.253. The summed E-state index contributed by atoms with van der Waals surface area (Å²) < 4.78 is 28.7. The molecule has 0 bridgehead atoms. The number of H-pyrrole nitrogens is 1. The van der Waals surface area contributed by atoms with Crippen molar-refractivity contribution in [2.24, 2.45) is 0 Å². The molecule has 0 saturated carbocycles. The zero-order chi connectivity index (χ0) is 20.6. The molecular weight excluding hydrogens is 525 g/mol. The van der Waals surface area contributed by atoms with E-state index in [2.05, 4.69) is 42.5 Å². The fourth-order valence-electron chi connectivity index (χ4n) is 2.92. The number of benzene rings is 2. The van der Waals surface area contributed by atoms with Gasteiger partial charge in [-0.05, 0) is 36.4 Å². The summed E-state index contributed by atoms with van der Waals surface area (Å²) in [5.41, 5.74) is 8.87. The highest BCUT2D eigenvalue weighted by Gasteiger charge is 2.20. The Kier molecular flexibility index (Phi) is 5.36. The number of nitrogen functional groups attached to an aromatic ring is 1. The van der Waals surface area contributed by atoms with Crippen LogP contribution < -0.4 is 10.5 Å². The highest BCUT2D eigenvalue weighted by atomic mass is 127. The van der Waals surface area contributed by atoms with Gasteiger partial charge >= 0.3 is 0 Å². The third-order valence-electron chi connectivity index (χ3n) is 4.38. The number of nitrogens with two attached hydrogens (primary N) is 1. The lowest BCUT2D eigenvalue weighted by Gasteiger charge is -2.12. The summed E-state index contributed by atoms with van der Waals surface area (Å²) in [5.74, 6) is 0.468. The van der Waals surface area contributed by atoms with E-state index in [0.717, 1.165) is 10.9 Å². The van der Waals surface area contributed by atoms with Crippen molar-refractivity contribution in [3.63, 3.8) is 0 Å². The van der Waals surface area contributed by atoms with Gasteiger partial charge in [0.25, 0.3) is 10.0 Å². The van der Waals surface area contributed by atoms with Gasteiger partial charge in [0.15, 0.2) is 5.65 Å². The Bertz CT molecular complexity index is 1310. The van der Waals surface area contributed by atoms with E-state index in [1.165, 1.54) is 0 Å². The average molecular weight is 540 g/mol. The number of hydrogen-bond donors (Lipinski definition) is 3. The van der Waals surface area contributed by atoms with Crippen LogP contribution in [0.25, 0.3) is 22.3 Å². The van der Waals surface area contributed by atoms with E-state index >= 15 is 0 Å². The molecule has 0 aliphatic carbocycles. The van der Waals surface area contributed by atoms with Gasteiger partial charge in [0.05, 0.1) is 16.0 Å². The third-order valence-corrected chi connectivity index (χ3v) is 6.96. The van der Waals surface area contributed by atoms with E-state index in [0.29, 0.717) is 37.9 Å². The minimum atomic E-state index is -3.77. The first-order valence-corrected chi connectivity index (χ1v) is 11.8. The number of pyridine rings is 1. The number of rotatable bonds is 5. The van der Waals surface area contributed by atoms with Crippen LogP contribution >= 0.6 is 34.2 Å². The summed E-state index contributed by atoms with van der Waals surface area (Å²) in [5, 5.41) is 7.94. The number of halogens is 2. The maximum atomic E-state index is 12.8. The Morgan fingerprint density at radius 1 is 1.10 bits per heavy atom. The minimum Gasteiger partial charge on any atom is -0.384 e. The van der Waals surface area contributed by atoms with Crippen LogP contribution in [0.1, 0.15) is 5.56 Å². The Balaban J connectivity index is 1.61. The standard InChI is InChI=1S/C19H15ClIN5O2S/c20-15-2-1-3-17(14(15)10-21)29(27,28)26-12-6-4-11(5-7-12)16-9-8-13-18(22)24-25-19(13)23-16/h1-9,26H,10H2,(H3,22,23,24,25). The van der Waals surface area contributed by atoms with Crippen LogP contribution in [0.3, 0.4) is 0 Å². The molecule has 10 heteroatoms. The van der Waals surface area contributed by atoms with Gasteiger partial charge in [-0.2, -0.15) is 5.10 Å². The number of nitrogens with one attached hydrogen (secondary N) is 2. The molecule has 148 valence electrons. The van der Waals surface area contributed by atoms with Gasteiger partial charge in [0.1, 0.15) is 5.82 Å². The van der Waals surface area contributed by atoms with Crippen molar-refractivity contribution in [1.82, 2.24) is 15.2 Å². The SMILES string of the molecule is Nc1[nH]nc2nc(-c3ccc(NS(=O)(=O)c4cccc(Cl)c4CI)cc3)ccc12. The maximum Gasteiger partial charge on any atom is 0.262 e. The highest BCUT2D eigenvalue weighted by molar-refractivity contribution is 14.1. The Labute approximate surface area is 185 Å². The van der Waals surface area contributed by atoms with Crippen molar-refractivity contribution in [3.8, 4) is 11.3 Å². The van der Waals surface area contributed by atoms with Crippen LogP contribution in [0.5, 0.6) is 0 Å². The molecule has 0 aliphatic rings. The van der Waals surface area contributed by atoms with Gasteiger partial charge in [-0.25, -0.2) is 13.4 Å². The maximum absolute atomic E-state index is 12.8. The zero-order valence-corrected chi connectivity index (χ0v) is 18.6. The summed E-state index contributed by atoms with van der Waals surface area (Å²) in [7, 11) is -3.77. The summed E-state index contributed by atoms with van der Waals surface area (Å²) >= 11 is 8.25. The average Bonchev–Trinajstić information content (AvgIpc) is 3.08. The summed E-state index contributed by atoms with van der Waals surface area (Å²) in [4.78, 5) is 4.65. The minimum absolute atomic E-state index is 0.173. The van der Waals surface area contributed by atoms with Crippen molar-refractivity contribution in [3.05, 3.63) is 65.2 Å². The fourth-order valence-corrected chi connectivity index (χ4v) is 5.84. The Morgan fingerprint density at radius 3 is 2.59 bits per heavy atom. The van der Waals surface area contributed by atoms with E-state index < -0.39 is 10.0 Å². The predicted octanol–water partition coefficient (Wildman–Crippen LogP) is 4.60. The molecule has 0 unspecified atom stereocenters. The monoisotopic (exact) mass is 539 g/mol. The van der Waals surface area contributed by atoms with Crippen molar-refractivity contribution < 1.29 is 8.42 Å². The molecule has 2 heterocycles. The second-order valence-corrected chi connectivity index (χ2v) is 9.06. The Morgan fingerprint density at radius 2 is 1.86 bits per heavy atom. The zero-order valence-electron chi connectivity index (χ0n) is 14.9. The highest BCUT2D eigenvalue weighted by Crippen LogP contribution is 2.29. The second-order valence-electron chi connectivity index (χ2n) is 6.24. The van der Waals surface area contributed by atoms with Crippen LogP contribution in [0.2, 0.25) is 5.02 Å². The van der Waals surface area contributed by atoms with Crippen molar-refractivity contribution >= 4 is 66.8 Å². The largest absolute Gasteiger partial charge is 0.384 e.